The van der Waals surface area contributed by atoms with Gasteiger partial charge in [-0.05, 0) is 12.1 Å². The topological polar surface area (TPSA) is 80.2 Å². The van der Waals surface area contributed by atoms with E-state index in [2.05, 4.69) is 21.0 Å². The van der Waals surface area contributed by atoms with Crippen molar-refractivity contribution in [1.29, 1.82) is 0 Å². The molecule has 2 fully saturated rings. The number of ether oxygens (including phenoxy) is 1. The zero-order valence-corrected chi connectivity index (χ0v) is 14.3. The van der Waals surface area contributed by atoms with Crippen LogP contribution in [0.3, 0.4) is 0 Å². The third-order valence-corrected chi connectivity index (χ3v) is 5.32. The number of methoxy groups -OCH3 is 1. The predicted octanol–water partition coefficient (Wildman–Crippen LogP) is 0.306. The molecule has 0 spiro atoms. The summed E-state index contributed by atoms with van der Waals surface area (Å²) in [5, 5.41) is 14.2. The molecule has 7 nitrogen and oxygen atoms in total. The summed E-state index contributed by atoms with van der Waals surface area (Å²) in [6.45, 7) is 3.79. The van der Waals surface area contributed by atoms with Crippen molar-refractivity contribution < 1.29 is 9.53 Å². The summed E-state index contributed by atoms with van der Waals surface area (Å²) < 4.78 is 7.15. The number of nitrogens with one attached hydrogen (secondary N) is 3. The lowest BCUT2D eigenvalue weighted by Gasteiger charge is -2.25. The van der Waals surface area contributed by atoms with Gasteiger partial charge in [0.1, 0.15) is 11.4 Å². The van der Waals surface area contributed by atoms with E-state index in [-0.39, 0.29) is 11.3 Å². The van der Waals surface area contributed by atoms with Gasteiger partial charge in [0.25, 0.3) is 0 Å². The zero-order valence-electron chi connectivity index (χ0n) is 14.3. The van der Waals surface area contributed by atoms with E-state index in [0.717, 1.165) is 43.2 Å². The monoisotopic (exact) mass is 341 g/mol. The molecule has 0 radical (unpaired) electrons. The minimum absolute atomic E-state index is 0.123. The molecule has 2 saturated heterocycles. The van der Waals surface area contributed by atoms with Crippen molar-refractivity contribution in [2.75, 3.05) is 33.3 Å². The van der Waals surface area contributed by atoms with Crippen molar-refractivity contribution in [2.24, 2.45) is 11.3 Å². The van der Waals surface area contributed by atoms with Gasteiger partial charge in [0.2, 0.25) is 5.91 Å². The summed E-state index contributed by atoms with van der Waals surface area (Å²) in [6.07, 6.45) is 3.70. The van der Waals surface area contributed by atoms with Crippen LogP contribution in [-0.4, -0.2) is 49.0 Å². The summed E-state index contributed by atoms with van der Waals surface area (Å²) in [7, 11) is 1.64. The first-order chi connectivity index (χ1) is 12.2. The van der Waals surface area contributed by atoms with E-state index in [1.807, 2.05) is 30.5 Å². The number of carbonyl (C=O) groups excluding carboxylic acids is 1. The Morgan fingerprint density at radius 1 is 1.36 bits per heavy atom. The van der Waals surface area contributed by atoms with Crippen LogP contribution in [0.2, 0.25) is 0 Å². The van der Waals surface area contributed by atoms with Crippen molar-refractivity contribution in [3.63, 3.8) is 0 Å². The summed E-state index contributed by atoms with van der Waals surface area (Å²) in [5.41, 5.74) is 1.53. The number of fused-ring (bicyclic) bond motifs is 1. The van der Waals surface area contributed by atoms with Crippen LogP contribution in [0.5, 0.6) is 5.75 Å². The normalized spacial score (nSPS) is 24.9. The van der Waals surface area contributed by atoms with E-state index in [9.17, 15) is 4.79 Å². The van der Waals surface area contributed by atoms with Crippen LogP contribution < -0.4 is 20.7 Å². The quantitative estimate of drug-likeness (QED) is 0.729. The molecule has 3 heterocycles. The van der Waals surface area contributed by atoms with Gasteiger partial charge < -0.3 is 20.7 Å². The SMILES string of the molecule is COc1ccccc1-n1cc(CNC(=O)C23CNCC2CNC3)cn1. The molecular weight excluding hydrogens is 318 g/mol. The first-order valence-electron chi connectivity index (χ1n) is 8.59. The Labute approximate surface area is 146 Å². The van der Waals surface area contributed by atoms with Crippen LogP contribution in [0, 0.1) is 11.3 Å². The lowest BCUT2D eigenvalue weighted by atomic mass is 9.80. The molecule has 7 heteroatoms. The Morgan fingerprint density at radius 2 is 2.12 bits per heavy atom. The molecule has 25 heavy (non-hydrogen) atoms. The number of benzene rings is 1. The molecule has 2 aromatic rings. The number of carbonyl (C=O) groups is 1. The number of hydrogen-bond donors (Lipinski definition) is 3. The number of nitrogens with zero attached hydrogens (tertiary/aromatic N) is 2. The highest BCUT2D eigenvalue weighted by Crippen LogP contribution is 2.35. The van der Waals surface area contributed by atoms with E-state index in [1.165, 1.54) is 0 Å². The van der Waals surface area contributed by atoms with Crippen molar-refractivity contribution >= 4 is 5.91 Å². The second kappa shape index (κ2) is 6.50. The number of aromatic nitrogens is 2. The molecule has 4 rings (SSSR count). The van der Waals surface area contributed by atoms with Crippen molar-refractivity contribution in [2.45, 2.75) is 6.54 Å². The molecule has 1 amide bonds. The minimum atomic E-state index is -0.307. The highest BCUT2D eigenvalue weighted by atomic mass is 16.5. The van der Waals surface area contributed by atoms with Crippen molar-refractivity contribution in [1.82, 2.24) is 25.7 Å². The molecule has 0 bridgehead atoms. The van der Waals surface area contributed by atoms with Crippen LogP contribution in [0.1, 0.15) is 5.56 Å². The number of rotatable bonds is 5. The molecule has 0 saturated carbocycles. The minimum Gasteiger partial charge on any atom is -0.494 e. The van der Waals surface area contributed by atoms with Gasteiger partial charge >= 0.3 is 0 Å². The Balaban J connectivity index is 1.44. The summed E-state index contributed by atoms with van der Waals surface area (Å²) in [4.78, 5) is 12.8. The van der Waals surface area contributed by atoms with E-state index in [1.54, 1.807) is 18.0 Å². The second-order valence-electron chi connectivity index (χ2n) is 6.76. The van der Waals surface area contributed by atoms with Crippen LogP contribution in [0.15, 0.2) is 36.7 Å². The van der Waals surface area contributed by atoms with Gasteiger partial charge in [-0.1, -0.05) is 12.1 Å². The van der Waals surface area contributed by atoms with Gasteiger partial charge in [-0.2, -0.15) is 5.10 Å². The molecule has 2 aliphatic rings. The fourth-order valence-corrected chi connectivity index (χ4v) is 3.86. The molecule has 3 N–H and O–H groups in total. The Bertz CT molecular complexity index is 762. The van der Waals surface area contributed by atoms with Gasteiger partial charge in [0, 0.05) is 50.4 Å². The molecule has 0 aliphatic carbocycles. The fraction of sp³-hybridized carbons (Fsp3) is 0.444. The molecular formula is C18H23N5O2. The van der Waals surface area contributed by atoms with Crippen LogP contribution >= 0.6 is 0 Å². The Kier molecular flexibility index (Phi) is 4.19. The molecule has 0 atom stereocenters. The van der Waals surface area contributed by atoms with Gasteiger partial charge in [-0.15, -0.1) is 0 Å². The van der Waals surface area contributed by atoms with Gasteiger partial charge in [0.05, 0.1) is 18.7 Å². The number of para-hydroxylation sites is 2. The number of amides is 1. The molecule has 2 aliphatic heterocycles. The predicted molar refractivity (Wildman–Crippen MR) is 93.6 cm³/mol. The van der Waals surface area contributed by atoms with E-state index < -0.39 is 0 Å². The second-order valence-corrected chi connectivity index (χ2v) is 6.76. The van der Waals surface area contributed by atoms with Crippen molar-refractivity contribution in [3.8, 4) is 11.4 Å². The van der Waals surface area contributed by atoms with E-state index in [4.69, 9.17) is 4.74 Å². The molecule has 1 aromatic carbocycles. The fourth-order valence-electron chi connectivity index (χ4n) is 3.86. The van der Waals surface area contributed by atoms with Crippen molar-refractivity contribution in [3.05, 3.63) is 42.2 Å². The molecule has 0 unspecified atom stereocenters. The third kappa shape index (κ3) is 2.79. The average molecular weight is 341 g/mol. The zero-order chi connectivity index (χ0) is 17.3. The standard InChI is InChI=1S/C18H23N5O2/c1-25-16-5-3-2-4-15(16)23-10-13(7-22-23)6-21-17(24)18-11-19-8-14(18)9-20-12-18/h2-5,7,10,14,19-20H,6,8-9,11-12H2,1H3,(H,21,24). The van der Waals surface area contributed by atoms with Crippen LogP contribution in [-0.2, 0) is 11.3 Å². The maximum Gasteiger partial charge on any atom is 0.229 e. The summed E-state index contributed by atoms with van der Waals surface area (Å²) in [5.74, 6) is 1.26. The van der Waals surface area contributed by atoms with E-state index in [0.29, 0.717) is 12.5 Å². The number of hydrogen-bond acceptors (Lipinski definition) is 5. The molecule has 132 valence electrons. The van der Waals surface area contributed by atoms with E-state index >= 15 is 0 Å². The summed E-state index contributed by atoms with van der Waals surface area (Å²) in [6, 6.07) is 7.72. The van der Waals surface area contributed by atoms with Gasteiger partial charge in [-0.25, -0.2) is 4.68 Å². The third-order valence-electron chi connectivity index (χ3n) is 5.32. The van der Waals surface area contributed by atoms with Gasteiger partial charge in [-0.3, -0.25) is 4.79 Å². The smallest absolute Gasteiger partial charge is 0.229 e. The maximum absolute atomic E-state index is 12.8. The van der Waals surface area contributed by atoms with Crippen LogP contribution in [0.4, 0.5) is 0 Å². The average Bonchev–Trinajstić information content (AvgIpc) is 3.34. The summed E-state index contributed by atoms with van der Waals surface area (Å²) >= 11 is 0. The maximum atomic E-state index is 12.8. The highest BCUT2D eigenvalue weighted by Gasteiger charge is 2.51. The highest BCUT2D eigenvalue weighted by molar-refractivity contribution is 5.84. The first kappa shape index (κ1) is 16.1. The Morgan fingerprint density at radius 3 is 2.88 bits per heavy atom. The van der Waals surface area contributed by atoms with Crippen LogP contribution in [0.25, 0.3) is 5.69 Å². The van der Waals surface area contributed by atoms with Gasteiger partial charge in [0.15, 0.2) is 0 Å². The molecule has 1 aromatic heterocycles. The Hall–Kier alpha value is -2.38. The first-order valence-corrected chi connectivity index (χ1v) is 8.59. The largest absolute Gasteiger partial charge is 0.494 e. The lowest BCUT2D eigenvalue weighted by molar-refractivity contribution is -0.130. The lowest BCUT2D eigenvalue weighted by Crippen LogP contribution is -2.46.